The number of hydrogen-bond donors (Lipinski definition) is 0. The van der Waals surface area contributed by atoms with E-state index in [1.165, 1.54) is 10.6 Å². The number of rotatable bonds is 4. The van der Waals surface area contributed by atoms with Gasteiger partial charge in [0.1, 0.15) is 0 Å². The van der Waals surface area contributed by atoms with E-state index in [1.807, 2.05) is 0 Å². The third-order valence-corrected chi connectivity index (χ3v) is 48.3. The van der Waals surface area contributed by atoms with Crippen molar-refractivity contribution >= 4 is 63.2 Å². The van der Waals surface area contributed by atoms with Crippen LogP contribution in [0.15, 0.2) is 48.5 Å². The van der Waals surface area contributed by atoms with Crippen LogP contribution in [0.4, 0.5) is 0 Å². The second kappa shape index (κ2) is 5.68. The van der Waals surface area contributed by atoms with E-state index >= 15 is 0 Å². The monoisotopic (exact) mass is 404 g/mol. The van der Waals surface area contributed by atoms with Gasteiger partial charge in [0.2, 0.25) is 0 Å². The van der Waals surface area contributed by atoms with E-state index in [0.29, 0.717) is 0 Å². The quantitative estimate of drug-likeness (QED) is 0.348. The summed E-state index contributed by atoms with van der Waals surface area (Å²) < 4.78 is 8.73. The Balaban J connectivity index is 1.54. The predicted octanol–water partition coefficient (Wildman–Crippen LogP) is 6.05. The van der Waals surface area contributed by atoms with Crippen LogP contribution in [0, 0.1) is 0 Å². The van der Waals surface area contributed by atoms with E-state index in [0.717, 1.165) is 11.5 Å². The summed E-state index contributed by atoms with van der Waals surface area (Å²) in [5.41, 5.74) is 0. The molecule has 2 aromatic carbocycles. The van der Waals surface area contributed by atoms with Gasteiger partial charge in [-0.3, -0.25) is 0 Å². The molecule has 0 aliphatic carbocycles. The molecular weight excluding hydrogens is 390 g/mol. The topological polar surface area (TPSA) is 18.5 Å². The van der Waals surface area contributed by atoms with Crippen molar-refractivity contribution in [2.45, 2.75) is 0 Å². The molecule has 8 heteroatoms. The minimum absolute atomic E-state index is 0.156. The zero-order valence-electron chi connectivity index (χ0n) is 12.0. The van der Waals surface area contributed by atoms with Gasteiger partial charge in [0, 0.05) is 0 Å². The van der Waals surface area contributed by atoms with Crippen LogP contribution < -0.4 is 20.1 Å². The van der Waals surface area contributed by atoms with Crippen LogP contribution in [0.2, 0.25) is 0 Å². The van der Waals surface area contributed by atoms with Gasteiger partial charge in [-0.2, -0.15) is 0 Å². The first-order valence-electron chi connectivity index (χ1n) is 6.58. The number of benzene rings is 2. The molecule has 2 fully saturated rings. The first-order chi connectivity index (χ1) is 10.7. The van der Waals surface area contributed by atoms with Crippen molar-refractivity contribution in [1.82, 2.24) is 0 Å². The van der Waals surface area contributed by atoms with Crippen LogP contribution in [-0.4, -0.2) is 14.2 Å². The van der Waals surface area contributed by atoms with Crippen LogP contribution in [0.3, 0.4) is 0 Å². The average Bonchev–Trinajstić information content (AvgIpc) is 3.32. The summed E-state index contributed by atoms with van der Waals surface area (Å²) in [6.45, 7) is 0. The summed E-state index contributed by atoms with van der Waals surface area (Å²) >= 11 is 4.45. The van der Waals surface area contributed by atoms with Crippen LogP contribution >= 0.6 is 52.6 Å². The maximum atomic E-state index is 5.28. The second-order valence-corrected chi connectivity index (χ2v) is 31.9. The van der Waals surface area contributed by atoms with Crippen LogP contribution in [0.1, 0.15) is 0 Å². The van der Waals surface area contributed by atoms with Crippen molar-refractivity contribution in [2.24, 2.45) is 0 Å². The Kier molecular flexibility index (Phi) is 4.08. The molecule has 22 heavy (non-hydrogen) atoms. The van der Waals surface area contributed by atoms with Crippen LogP contribution in [0.5, 0.6) is 11.5 Å². The third kappa shape index (κ3) is 2.47. The molecule has 0 radical (unpaired) electrons. The van der Waals surface area contributed by atoms with Gasteiger partial charge in [-0.15, -0.1) is 0 Å². The number of methoxy groups -OCH3 is 2. The summed E-state index contributed by atoms with van der Waals surface area (Å²) in [5, 5.41) is 2.95. The van der Waals surface area contributed by atoms with E-state index in [-0.39, 0.29) is 6.33 Å². The molecule has 116 valence electrons. The molecule has 2 heterocycles. The van der Waals surface area contributed by atoms with Crippen LogP contribution in [-0.2, 0) is 0 Å². The van der Waals surface area contributed by atoms with Gasteiger partial charge in [-0.05, 0) is 0 Å². The molecule has 2 saturated heterocycles. The fraction of sp³-hybridized carbons (Fsp3) is 0.143. The molecule has 2 aromatic rings. The SMILES string of the molecule is COc1ccc(P2SP3(c4ccc(OC)cc4)(SS3)S2)cc1. The molecule has 0 N–H and O–H groups in total. The van der Waals surface area contributed by atoms with Crippen molar-refractivity contribution in [3.8, 4) is 11.5 Å². The van der Waals surface area contributed by atoms with E-state index < -0.39 is 3.41 Å². The Bertz CT molecular complexity index is 694. The molecule has 2 aliphatic heterocycles. The average molecular weight is 404 g/mol. The maximum absolute atomic E-state index is 5.28. The van der Waals surface area contributed by atoms with E-state index in [1.54, 1.807) is 14.2 Å². The number of hydrogen-bond acceptors (Lipinski definition) is 6. The Labute approximate surface area is 146 Å². The Morgan fingerprint density at radius 2 is 1.27 bits per heavy atom. The van der Waals surface area contributed by atoms with Crippen LogP contribution in [0.25, 0.3) is 0 Å². The number of ether oxygens (including phenoxy) is 2. The second-order valence-electron chi connectivity index (χ2n) is 4.78. The zero-order chi connectivity index (χ0) is 15.2. The predicted molar refractivity (Wildman–Crippen MR) is 109 cm³/mol. The summed E-state index contributed by atoms with van der Waals surface area (Å²) in [4.78, 5) is 0. The molecule has 2 nitrogen and oxygen atoms in total. The fourth-order valence-electron chi connectivity index (χ4n) is 2.16. The molecular formula is C14H14O2P2S4. The van der Waals surface area contributed by atoms with Gasteiger partial charge < -0.3 is 0 Å². The molecule has 0 bridgehead atoms. The Hall–Kier alpha value is 0.300. The molecule has 4 rings (SSSR count). The first-order valence-corrected chi connectivity index (χ1v) is 17.6. The van der Waals surface area contributed by atoms with Gasteiger partial charge in [-0.1, -0.05) is 0 Å². The van der Waals surface area contributed by atoms with Gasteiger partial charge >= 0.3 is 147 Å². The van der Waals surface area contributed by atoms with Gasteiger partial charge in [0.15, 0.2) is 0 Å². The molecule has 0 amide bonds. The van der Waals surface area contributed by atoms with E-state index in [2.05, 4.69) is 91.4 Å². The molecule has 0 unspecified atom stereocenters. The van der Waals surface area contributed by atoms with E-state index in [4.69, 9.17) is 9.47 Å². The zero-order valence-corrected chi connectivity index (χ0v) is 17.0. The summed E-state index contributed by atoms with van der Waals surface area (Å²) in [6, 6.07) is 17.2. The summed E-state index contributed by atoms with van der Waals surface area (Å²) in [7, 11) is 7.63. The van der Waals surface area contributed by atoms with Crippen molar-refractivity contribution < 1.29 is 9.47 Å². The summed E-state index contributed by atoms with van der Waals surface area (Å²) in [6.07, 6.45) is -0.156. The van der Waals surface area contributed by atoms with Crippen molar-refractivity contribution in [3.05, 3.63) is 48.5 Å². The van der Waals surface area contributed by atoms with Gasteiger partial charge in [-0.25, -0.2) is 0 Å². The Morgan fingerprint density at radius 3 is 1.73 bits per heavy atom. The fourth-order valence-corrected chi connectivity index (χ4v) is 61.2. The third-order valence-electron chi connectivity index (χ3n) is 3.48. The molecule has 0 aromatic heterocycles. The molecule has 0 saturated carbocycles. The molecule has 2 aliphatic rings. The normalized spacial score (nSPS) is 25.5. The molecule has 0 atom stereocenters. The van der Waals surface area contributed by atoms with Crippen molar-refractivity contribution in [1.29, 1.82) is 0 Å². The standard InChI is InChI=1S/C14H14O2P2S4/c1-15-11-3-7-13(8-4-11)17-19-18(20-17,21-22-18)14-9-5-12(16-2)6-10-14/h3-10H,1-2H3. The van der Waals surface area contributed by atoms with Gasteiger partial charge in [0.05, 0.1) is 0 Å². The Morgan fingerprint density at radius 1 is 0.773 bits per heavy atom. The molecule has 1 spiro atoms. The minimum atomic E-state index is -1.80. The van der Waals surface area contributed by atoms with E-state index in [9.17, 15) is 0 Å². The van der Waals surface area contributed by atoms with Crippen molar-refractivity contribution in [2.75, 3.05) is 14.2 Å². The first kappa shape index (κ1) is 15.8. The van der Waals surface area contributed by atoms with Gasteiger partial charge in [0.25, 0.3) is 0 Å². The summed E-state index contributed by atoms with van der Waals surface area (Å²) in [5.74, 6) is 1.87. The van der Waals surface area contributed by atoms with Crippen molar-refractivity contribution in [3.63, 3.8) is 0 Å².